The third-order valence-electron chi connectivity index (χ3n) is 5.87. The van der Waals surface area contributed by atoms with E-state index in [1.54, 1.807) is 0 Å². The maximum absolute atomic E-state index is 11.4. The van der Waals surface area contributed by atoms with Gasteiger partial charge in [0.2, 0.25) is 0 Å². The van der Waals surface area contributed by atoms with Crippen LogP contribution in [0.25, 0.3) is 10.9 Å². The van der Waals surface area contributed by atoms with E-state index in [9.17, 15) is 4.79 Å². The summed E-state index contributed by atoms with van der Waals surface area (Å²) >= 11 is 0. The molecule has 27 heavy (non-hydrogen) atoms. The third-order valence-corrected chi connectivity index (χ3v) is 5.87. The molecule has 0 radical (unpaired) electrons. The lowest BCUT2D eigenvalue weighted by Crippen LogP contribution is -2.35. The standard InChI is InChI=1S/C23H27N3O/c24-20-6-7-22-19(14-20)15-23(25-22)21(10-13-27)18-8-11-26(12-9-18)16-17-4-2-1-3-5-17/h1-7,13-15,18,21,25H,8-12,16,24H2. The highest BCUT2D eigenvalue weighted by molar-refractivity contribution is 5.83. The first kappa shape index (κ1) is 17.8. The number of piperidine rings is 1. The lowest BCUT2D eigenvalue weighted by molar-refractivity contribution is -0.108. The fourth-order valence-electron chi connectivity index (χ4n) is 4.41. The van der Waals surface area contributed by atoms with Crippen molar-refractivity contribution in [2.24, 2.45) is 5.92 Å². The molecule has 4 rings (SSSR count). The average molecular weight is 361 g/mol. The van der Waals surface area contributed by atoms with Crippen LogP contribution in [0.4, 0.5) is 5.69 Å². The lowest BCUT2D eigenvalue weighted by Gasteiger charge is -2.35. The summed E-state index contributed by atoms with van der Waals surface area (Å²) in [6.45, 7) is 3.18. The molecule has 0 spiro atoms. The van der Waals surface area contributed by atoms with Gasteiger partial charge in [0, 0.05) is 41.2 Å². The van der Waals surface area contributed by atoms with Crippen LogP contribution >= 0.6 is 0 Å². The van der Waals surface area contributed by atoms with E-state index >= 15 is 0 Å². The summed E-state index contributed by atoms with van der Waals surface area (Å²) in [5.41, 5.74) is 10.3. The van der Waals surface area contributed by atoms with Crippen LogP contribution in [-0.4, -0.2) is 29.3 Å². The summed E-state index contributed by atoms with van der Waals surface area (Å²) in [4.78, 5) is 17.4. The van der Waals surface area contributed by atoms with Gasteiger partial charge in [-0.2, -0.15) is 0 Å². The first-order valence-electron chi connectivity index (χ1n) is 9.81. The Balaban J connectivity index is 1.45. The van der Waals surface area contributed by atoms with Crippen LogP contribution in [0.1, 0.15) is 36.4 Å². The van der Waals surface area contributed by atoms with Gasteiger partial charge in [0.1, 0.15) is 6.29 Å². The molecule has 1 saturated heterocycles. The van der Waals surface area contributed by atoms with Crippen molar-refractivity contribution in [1.82, 2.24) is 9.88 Å². The topological polar surface area (TPSA) is 62.1 Å². The minimum Gasteiger partial charge on any atom is -0.399 e. The summed E-state index contributed by atoms with van der Waals surface area (Å²) in [5.74, 6) is 0.794. The quantitative estimate of drug-likeness (QED) is 0.507. The number of aromatic nitrogens is 1. The maximum atomic E-state index is 11.4. The molecule has 1 aliphatic rings. The maximum Gasteiger partial charge on any atom is 0.120 e. The molecule has 1 aliphatic heterocycles. The predicted octanol–water partition coefficient (Wildman–Crippen LogP) is 4.33. The van der Waals surface area contributed by atoms with Crippen molar-refractivity contribution in [1.29, 1.82) is 0 Å². The number of fused-ring (bicyclic) bond motifs is 1. The Kier molecular flexibility index (Phi) is 5.26. The number of hydrogen-bond acceptors (Lipinski definition) is 3. The van der Waals surface area contributed by atoms with Gasteiger partial charge in [0.15, 0.2) is 0 Å². The van der Waals surface area contributed by atoms with E-state index in [2.05, 4.69) is 46.3 Å². The van der Waals surface area contributed by atoms with Crippen LogP contribution < -0.4 is 5.73 Å². The third kappa shape index (κ3) is 4.06. The molecule has 2 heterocycles. The van der Waals surface area contributed by atoms with Gasteiger partial charge in [-0.3, -0.25) is 4.90 Å². The SMILES string of the molecule is Nc1ccc2[nH]c(C(CC=O)C3CCN(Cc4ccccc4)CC3)cc2c1. The fourth-order valence-corrected chi connectivity index (χ4v) is 4.41. The first-order valence-corrected chi connectivity index (χ1v) is 9.81. The molecule has 140 valence electrons. The number of benzene rings is 2. The van der Waals surface area contributed by atoms with Crippen molar-refractivity contribution in [3.8, 4) is 0 Å². The van der Waals surface area contributed by atoms with E-state index in [1.807, 2.05) is 18.2 Å². The molecular formula is C23H27N3O. The summed E-state index contributed by atoms with van der Waals surface area (Å²) in [6, 6.07) is 18.8. The van der Waals surface area contributed by atoms with Crippen LogP contribution in [0.3, 0.4) is 0 Å². The minimum absolute atomic E-state index is 0.259. The molecule has 3 aromatic rings. The van der Waals surface area contributed by atoms with E-state index in [4.69, 9.17) is 5.73 Å². The van der Waals surface area contributed by atoms with Crippen LogP contribution in [0.5, 0.6) is 0 Å². The molecule has 0 saturated carbocycles. The van der Waals surface area contributed by atoms with Crippen LogP contribution in [-0.2, 0) is 11.3 Å². The van der Waals surface area contributed by atoms with Gasteiger partial charge in [-0.1, -0.05) is 30.3 Å². The van der Waals surface area contributed by atoms with Gasteiger partial charge in [-0.15, -0.1) is 0 Å². The number of anilines is 1. The highest BCUT2D eigenvalue weighted by atomic mass is 16.1. The van der Waals surface area contributed by atoms with Crippen molar-refractivity contribution < 1.29 is 4.79 Å². The zero-order chi connectivity index (χ0) is 18.6. The second-order valence-electron chi connectivity index (χ2n) is 7.68. The molecule has 0 amide bonds. The number of nitrogens with two attached hydrogens (primary N) is 1. The fraction of sp³-hybridized carbons (Fsp3) is 0.348. The number of nitrogen functional groups attached to an aromatic ring is 1. The summed E-state index contributed by atoms with van der Waals surface area (Å²) < 4.78 is 0. The number of aldehydes is 1. The van der Waals surface area contributed by atoms with Crippen molar-refractivity contribution in [3.05, 3.63) is 65.9 Å². The molecule has 0 bridgehead atoms. The summed E-state index contributed by atoms with van der Waals surface area (Å²) in [7, 11) is 0. The monoisotopic (exact) mass is 361 g/mol. The number of nitrogens with zero attached hydrogens (tertiary/aromatic N) is 1. The van der Waals surface area contributed by atoms with Gasteiger partial charge in [0.05, 0.1) is 0 Å². The zero-order valence-electron chi connectivity index (χ0n) is 15.6. The second-order valence-corrected chi connectivity index (χ2v) is 7.68. The van der Waals surface area contributed by atoms with Gasteiger partial charge >= 0.3 is 0 Å². The highest BCUT2D eigenvalue weighted by Gasteiger charge is 2.28. The van der Waals surface area contributed by atoms with Crippen LogP contribution in [0.15, 0.2) is 54.6 Å². The van der Waals surface area contributed by atoms with Crippen molar-refractivity contribution in [2.75, 3.05) is 18.8 Å². The molecular weight excluding hydrogens is 334 g/mol. The number of aromatic amines is 1. The van der Waals surface area contributed by atoms with Gasteiger partial charge in [0.25, 0.3) is 0 Å². The lowest BCUT2D eigenvalue weighted by atomic mass is 9.80. The molecule has 1 aromatic heterocycles. The minimum atomic E-state index is 0.259. The average Bonchev–Trinajstić information content (AvgIpc) is 3.10. The Labute approximate surface area is 160 Å². The van der Waals surface area contributed by atoms with Gasteiger partial charge in [-0.25, -0.2) is 0 Å². The number of nitrogens with one attached hydrogen (secondary N) is 1. The summed E-state index contributed by atoms with van der Waals surface area (Å²) in [5, 5.41) is 1.13. The first-order chi connectivity index (χ1) is 13.2. The summed E-state index contributed by atoms with van der Waals surface area (Å²) in [6.07, 6.45) is 3.90. The Morgan fingerprint density at radius 1 is 1.11 bits per heavy atom. The van der Waals surface area contributed by atoms with Crippen LogP contribution in [0.2, 0.25) is 0 Å². The predicted molar refractivity (Wildman–Crippen MR) is 111 cm³/mol. The normalized spacial score (nSPS) is 17.2. The number of likely N-dealkylation sites (tertiary alicyclic amines) is 1. The van der Waals surface area contributed by atoms with E-state index in [-0.39, 0.29) is 5.92 Å². The van der Waals surface area contributed by atoms with E-state index < -0.39 is 0 Å². The Morgan fingerprint density at radius 2 is 1.89 bits per heavy atom. The molecule has 1 fully saturated rings. The second kappa shape index (κ2) is 7.97. The van der Waals surface area contributed by atoms with E-state index in [0.717, 1.165) is 55.4 Å². The van der Waals surface area contributed by atoms with Crippen molar-refractivity contribution in [3.63, 3.8) is 0 Å². The largest absolute Gasteiger partial charge is 0.399 e. The highest BCUT2D eigenvalue weighted by Crippen LogP contribution is 2.36. The Bertz CT molecular complexity index is 894. The number of carbonyl (C=O) groups excluding carboxylic acids is 1. The van der Waals surface area contributed by atoms with Crippen LogP contribution in [0, 0.1) is 5.92 Å². The van der Waals surface area contributed by atoms with Crippen molar-refractivity contribution >= 4 is 22.9 Å². The number of H-pyrrole nitrogens is 1. The molecule has 1 atom stereocenters. The molecule has 1 unspecified atom stereocenters. The molecule has 3 N–H and O–H groups in total. The Morgan fingerprint density at radius 3 is 2.63 bits per heavy atom. The molecule has 2 aromatic carbocycles. The molecule has 0 aliphatic carbocycles. The number of hydrogen-bond donors (Lipinski definition) is 2. The molecule has 4 nitrogen and oxygen atoms in total. The van der Waals surface area contributed by atoms with Gasteiger partial charge < -0.3 is 15.5 Å². The zero-order valence-corrected chi connectivity index (χ0v) is 15.6. The van der Waals surface area contributed by atoms with Gasteiger partial charge in [-0.05, 0) is 61.7 Å². The molecule has 4 heteroatoms. The van der Waals surface area contributed by atoms with E-state index in [1.165, 1.54) is 11.3 Å². The Hall–Kier alpha value is -2.59. The smallest absolute Gasteiger partial charge is 0.120 e. The number of carbonyl (C=O) groups is 1. The van der Waals surface area contributed by atoms with Crippen molar-refractivity contribution in [2.45, 2.75) is 31.7 Å². The number of rotatable bonds is 6. The van der Waals surface area contributed by atoms with E-state index in [0.29, 0.717) is 12.3 Å².